The number of imidazole rings is 1. The van der Waals surface area contributed by atoms with Gasteiger partial charge in [-0.1, -0.05) is 12.1 Å². The molecule has 22 heavy (non-hydrogen) atoms. The van der Waals surface area contributed by atoms with Gasteiger partial charge in [-0.25, -0.2) is 4.98 Å². The Balaban J connectivity index is 0.00000220. The molecule has 2 N–H and O–H groups in total. The molecule has 7 heteroatoms. The Morgan fingerprint density at radius 1 is 1.18 bits per heavy atom. The molecule has 0 aliphatic rings. The number of benzene rings is 1. The van der Waals surface area contributed by atoms with Crippen molar-refractivity contribution in [2.45, 2.75) is 19.9 Å². The van der Waals surface area contributed by atoms with Crippen LogP contribution in [0, 0.1) is 0 Å². The molecule has 0 atom stereocenters. The Hall–Kier alpha value is -1.01. The summed E-state index contributed by atoms with van der Waals surface area (Å²) < 4.78 is 7.67. The van der Waals surface area contributed by atoms with E-state index in [0.717, 1.165) is 49.6 Å². The molecule has 2 rings (SSSR count). The Morgan fingerprint density at radius 2 is 1.95 bits per heavy atom. The smallest absolute Gasteiger partial charge is 0.203 e. The van der Waals surface area contributed by atoms with Crippen LogP contribution >= 0.6 is 24.8 Å². The number of nitrogens with one attached hydrogen (secondary N) is 2. The van der Waals surface area contributed by atoms with Crippen LogP contribution in [0.15, 0.2) is 24.3 Å². The molecular formula is C15H26Cl2N4O. The van der Waals surface area contributed by atoms with Gasteiger partial charge in [0.25, 0.3) is 0 Å². The van der Waals surface area contributed by atoms with Gasteiger partial charge in [-0.15, -0.1) is 24.8 Å². The number of halogens is 2. The third kappa shape index (κ3) is 5.65. The number of rotatable bonds is 9. The maximum absolute atomic E-state index is 5.47. The molecule has 0 unspecified atom stereocenters. The van der Waals surface area contributed by atoms with Gasteiger partial charge in [0.15, 0.2) is 0 Å². The summed E-state index contributed by atoms with van der Waals surface area (Å²) in [5.74, 6) is 0.932. The van der Waals surface area contributed by atoms with Crippen molar-refractivity contribution in [3.63, 3.8) is 0 Å². The summed E-state index contributed by atoms with van der Waals surface area (Å²) in [5, 5.41) is 6.57. The van der Waals surface area contributed by atoms with Crippen LogP contribution in [0.5, 0.6) is 0 Å². The average Bonchev–Trinajstić information content (AvgIpc) is 2.82. The third-order valence-corrected chi connectivity index (χ3v) is 3.20. The van der Waals surface area contributed by atoms with E-state index in [1.165, 1.54) is 0 Å². The molecule has 0 spiro atoms. The second-order valence-corrected chi connectivity index (χ2v) is 4.66. The van der Waals surface area contributed by atoms with E-state index in [4.69, 9.17) is 4.74 Å². The van der Waals surface area contributed by atoms with Crippen molar-refractivity contribution in [3.05, 3.63) is 24.3 Å². The van der Waals surface area contributed by atoms with E-state index in [9.17, 15) is 0 Å². The summed E-state index contributed by atoms with van der Waals surface area (Å²) in [6, 6.07) is 8.22. The molecule has 0 aliphatic carbocycles. The monoisotopic (exact) mass is 348 g/mol. The van der Waals surface area contributed by atoms with Gasteiger partial charge in [-0.05, 0) is 39.1 Å². The maximum atomic E-state index is 5.47. The van der Waals surface area contributed by atoms with E-state index in [-0.39, 0.29) is 24.8 Å². The first kappa shape index (κ1) is 21.0. The van der Waals surface area contributed by atoms with E-state index in [1.807, 2.05) is 32.2 Å². The number of nitrogens with zero attached hydrogens (tertiary/aromatic N) is 2. The molecule has 126 valence electrons. The Labute approximate surface area is 144 Å². The van der Waals surface area contributed by atoms with Crippen LogP contribution < -0.4 is 10.6 Å². The number of hydrogen-bond donors (Lipinski definition) is 2. The molecular weight excluding hydrogens is 323 g/mol. The summed E-state index contributed by atoms with van der Waals surface area (Å²) in [6.45, 7) is 6.22. The summed E-state index contributed by atoms with van der Waals surface area (Å²) in [6.07, 6.45) is 1.07. The average molecular weight is 349 g/mol. The van der Waals surface area contributed by atoms with Crippen molar-refractivity contribution in [1.29, 1.82) is 0 Å². The van der Waals surface area contributed by atoms with E-state index in [2.05, 4.69) is 26.3 Å². The van der Waals surface area contributed by atoms with Crippen LogP contribution in [0.3, 0.4) is 0 Å². The molecule has 0 amide bonds. The standard InChI is InChI=1S/C15H24N4O.2ClH/c1-3-20-12-11-19-14-8-5-4-7-13(14)18-15(19)17-10-6-9-16-2;;/h4-5,7-8,16H,3,6,9-12H2,1-2H3,(H,17,18);2*1H. The Morgan fingerprint density at radius 3 is 2.68 bits per heavy atom. The van der Waals surface area contributed by atoms with Crippen LogP contribution in [0.25, 0.3) is 11.0 Å². The van der Waals surface area contributed by atoms with Gasteiger partial charge in [0, 0.05) is 19.7 Å². The molecule has 0 fully saturated rings. The molecule has 1 heterocycles. The molecule has 0 saturated carbocycles. The van der Waals surface area contributed by atoms with Crippen LogP contribution in [0.1, 0.15) is 13.3 Å². The highest BCUT2D eigenvalue weighted by Gasteiger charge is 2.09. The molecule has 0 radical (unpaired) electrons. The Bertz CT molecular complexity index is 533. The lowest BCUT2D eigenvalue weighted by Crippen LogP contribution is -2.16. The largest absolute Gasteiger partial charge is 0.380 e. The fourth-order valence-corrected chi connectivity index (χ4v) is 2.20. The number of fused-ring (bicyclic) bond motifs is 1. The van der Waals surface area contributed by atoms with Crippen molar-refractivity contribution in [2.24, 2.45) is 0 Å². The lowest BCUT2D eigenvalue weighted by atomic mass is 10.3. The summed E-state index contributed by atoms with van der Waals surface area (Å²) >= 11 is 0. The van der Waals surface area contributed by atoms with E-state index < -0.39 is 0 Å². The fourth-order valence-electron chi connectivity index (χ4n) is 2.20. The minimum atomic E-state index is 0. The zero-order valence-electron chi connectivity index (χ0n) is 13.2. The molecule has 0 saturated heterocycles. The number of anilines is 1. The first-order chi connectivity index (χ1) is 9.86. The minimum absolute atomic E-state index is 0. The highest BCUT2D eigenvalue weighted by molar-refractivity contribution is 5.85. The van der Waals surface area contributed by atoms with Gasteiger partial charge in [-0.3, -0.25) is 0 Å². The van der Waals surface area contributed by atoms with Crippen molar-refractivity contribution >= 4 is 41.8 Å². The highest BCUT2D eigenvalue weighted by atomic mass is 35.5. The predicted molar refractivity (Wildman–Crippen MR) is 97.8 cm³/mol. The molecule has 0 bridgehead atoms. The number of aromatic nitrogens is 2. The van der Waals surface area contributed by atoms with Gasteiger partial charge in [0.05, 0.1) is 17.6 Å². The predicted octanol–water partition coefficient (Wildman–Crippen LogP) is 2.94. The second kappa shape index (κ2) is 11.5. The fraction of sp³-hybridized carbons (Fsp3) is 0.533. The Kier molecular flexibility index (Phi) is 11.0. The van der Waals surface area contributed by atoms with E-state index in [1.54, 1.807) is 0 Å². The molecule has 1 aromatic heterocycles. The van der Waals surface area contributed by atoms with Gasteiger partial charge < -0.3 is 19.9 Å². The lowest BCUT2D eigenvalue weighted by Gasteiger charge is -2.10. The molecule has 0 aliphatic heterocycles. The lowest BCUT2D eigenvalue weighted by molar-refractivity contribution is 0.140. The summed E-state index contributed by atoms with van der Waals surface area (Å²) in [7, 11) is 1.97. The maximum Gasteiger partial charge on any atom is 0.203 e. The quantitative estimate of drug-likeness (QED) is 0.684. The number of hydrogen-bond acceptors (Lipinski definition) is 4. The zero-order valence-corrected chi connectivity index (χ0v) is 14.8. The van der Waals surface area contributed by atoms with Gasteiger partial charge >= 0.3 is 0 Å². The third-order valence-electron chi connectivity index (χ3n) is 3.20. The normalized spacial score (nSPS) is 10.1. The van der Waals surface area contributed by atoms with Crippen LogP contribution in [-0.2, 0) is 11.3 Å². The summed E-state index contributed by atoms with van der Waals surface area (Å²) in [4.78, 5) is 4.66. The second-order valence-electron chi connectivity index (χ2n) is 4.66. The minimum Gasteiger partial charge on any atom is -0.380 e. The van der Waals surface area contributed by atoms with E-state index in [0.29, 0.717) is 6.61 Å². The first-order valence-electron chi connectivity index (χ1n) is 7.28. The highest BCUT2D eigenvalue weighted by Crippen LogP contribution is 2.19. The van der Waals surface area contributed by atoms with Crippen LogP contribution in [0.4, 0.5) is 5.95 Å². The van der Waals surface area contributed by atoms with Crippen molar-refractivity contribution in [1.82, 2.24) is 14.9 Å². The SMILES string of the molecule is CCOCCn1c(NCCCNC)nc2ccccc21.Cl.Cl. The molecule has 1 aromatic carbocycles. The molecule has 2 aromatic rings. The van der Waals surface area contributed by atoms with E-state index >= 15 is 0 Å². The number of para-hydroxylation sites is 2. The van der Waals surface area contributed by atoms with Crippen molar-refractivity contribution < 1.29 is 4.74 Å². The molecule has 5 nitrogen and oxygen atoms in total. The van der Waals surface area contributed by atoms with Gasteiger partial charge in [-0.2, -0.15) is 0 Å². The van der Waals surface area contributed by atoms with Crippen molar-refractivity contribution in [3.8, 4) is 0 Å². The topological polar surface area (TPSA) is 51.1 Å². The van der Waals surface area contributed by atoms with Crippen LogP contribution in [0.2, 0.25) is 0 Å². The zero-order chi connectivity index (χ0) is 14.2. The van der Waals surface area contributed by atoms with Crippen molar-refractivity contribution in [2.75, 3.05) is 38.7 Å². The van der Waals surface area contributed by atoms with Gasteiger partial charge in [0.2, 0.25) is 5.95 Å². The number of ether oxygens (including phenoxy) is 1. The van der Waals surface area contributed by atoms with Crippen LogP contribution in [-0.4, -0.2) is 42.9 Å². The first-order valence-corrected chi connectivity index (χ1v) is 7.28. The van der Waals surface area contributed by atoms with Gasteiger partial charge in [0.1, 0.15) is 0 Å². The summed E-state index contributed by atoms with van der Waals surface area (Å²) in [5.41, 5.74) is 2.18.